The van der Waals surface area contributed by atoms with Gasteiger partial charge in [-0.15, -0.1) is 0 Å². The van der Waals surface area contributed by atoms with Crippen LogP contribution in [0.1, 0.15) is 18.9 Å². The van der Waals surface area contributed by atoms with Crippen molar-refractivity contribution < 1.29 is 9.53 Å². The minimum absolute atomic E-state index is 0.170. The first-order chi connectivity index (χ1) is 10.2. The quantitative estimate of drug-likeness (QED) is 0.430. The van der Waals surface area contributed by atoms with Crippen LogP contribution in [-0.4, -0.2) is 18.3 Å². The van der Waals surface area contributed by atoms with Gasteiger partial charge in [-0.2, -0.15) is 0 Å². The maximum Gasteiger partial charge on any atom is 0.311 e. The molecule has 0 saturated heterocycles. The summed E-state index contributed by atoms with van der Waals surface area (Å²) in [6, 6.07) is 17.6. The molecule has 108 valence electrons. The van der Waals surface area contributed by atoms with Gasteiger partial charge in [0.15, 0.2) is 0 Å². The highest BCUT2D eigenvalue weighted by Crippen LogP contribution is 2.16. The monoisotopic (exact) mass is 393 g/mol. The summed E-state index contributed by atoms with van der Waals surface area (Å²) in [7, 11) is 0. The second kappa shape index (κ2) is 7.93. The fourth-order valence-corrected chi connectivity index (χ4v) is 2.22. The average molecular weight is 393 g/mol. The normalized spacial score (nSPS) is 11.2. The molecule has 2 aromatic carbocycles. The molecule has 0 radical (unpaired) electrons. The molecule has 0 bridgehead atoms. The van der Waals surface area contributed by atoms with Crippen molar-refractivity contribution in [1.29, 1.82) is 0 Å². The maximum atomic E-state index is 11.8. The zero-order chi connectivity index (χ0) is 15.1. The Bertz CT molecular complexity index is 621. The van der Waals surface area contributed by atoms with E-state index in [1.54, 1.807) is 6.92 Å². The van der Waals surface area contributed by atoms with E-state index in [4.69, 9.17) is 4.74 Å². The second-order valence-corrected chi connectivity index (χ2v) is 5.63. The van der Waals surface area contributed by atoms with E-state index in [0.717, 1.165) is 20.5 Å². The molecule has 4 heteroatoms. The molecule has 0 aliphatic carbocycles. The highest BCUT2D eigenvalue weighted by molar-refractivity contribution is 14.1. The topological polar surface area (TPSA) is 38.7 Å². The molecule has 0 spiro atoms. The van der Waals surface area contributed by atoms with E-state index in [0.29, 0.717) is 6.61 Å². The molecule has 2 rings (SSSR count). The molecular formula is C17H16INO2. The van der Waals surface area contributed by atoms with Gasteiger partial charge in [-0.25, -0.2) is 0 Å². The summed E-state index contributed by atoms with van der Waals surface area (Å²) in [6.45, 7) is 2.18. The molecule has 0 saturated carbocycles. The molecule has 0 unspecified atom stereocenters. The lowest BCUT2D eigenvalue weighted by Gasteiger charge is -2.07. The van der Waals surface area contributed by atoms with Crippen LogP contribution in [0, 0.1) is 3.57 Å². The average Bonchev–Trinajstić information content (AvgIpc) is 2.49. The fraction of sp³-hybridized carbons (Fsp3) is 0.176. The van der Waals surface area contributed by atoms with E-state index in [2.05, 4.69) is 27.6 Å². The van der Waals surface area contributed by atoms with E-state index in [1.165, 1.54) is 0 Å². The van der Waals surface area contributed by atoms with Crippen LogP contribution in [0.2, 0.25) is 0 Å². The lowest BCUT2D eigenvalue weighted by atomic mass is 10.1. The Morgan fingerprint density at radius 1 is 1.10 bits per heavy atom. The SMILES string of the molecule is CCOC(=O)CC(=Nc1ccccc1)c1ccc(I)cc1. The fourth-order valence-electron chi connectivity index (χ4n) is 1.86. The smallest absolute Gasteiger partial charge is 0.311 e. The third kappa shape index (κ3) is 4.97. The van der Waals surface area contributed by atoms with Gasteiger partial charge < -0.3 is 4.74 Å². The molecule has 0 N–H and O–H groups in total. The predicted octanol–water partition coefficient (Wildman–Crippen LogP) is 4.37. The van der Waals surface area contributed by atoms with Gasteiger partial charge in [0.2, 0.25) is 0 Å². The van der Waals surface area contributed by atoms with Crippen molar-refractivity contribution in [3.05, 3.63) is 63.7 Å². The van der Waals surface area contributed by atoms with Crippen molar-refractivity contribution >= 4 is 40.0 Å². The van der Waals surface area contributed by atoms with Crippen LogP contribution in [0.4, 0.5) is 5.69 Å². The molecule has 2 aromatic rings. The molecular weight excluding hydrogens is 377 g/mol. The van der Waals surface area contributed by atoms with Crippen molar-refractivity contribution in [2.45, 2.75) is 13.3 Å². The van der Waals surface area contributed by atoms with Crippen LogP contribution in [-0.2, 0) is 9.53 Å². The number of carbonyl (C=O) groups is 1. The molecule has 0 fully saturated rings. The lowest BCUT2D eigenvalue weighted by Crippen LogP contribution is -2.12. The zero-order valence-electron chi connectivity index (χ0n) is 11.8. The third-order valence-corrected chi connectivity index (χ3v) is 3.53. The molecule has 0 aliphatic rings. The molecule has 0 atom stereocenters. The van der Waals surface area contributed by atoms with Gasteiger partial charge in [0.1, 0.15) is 0 Å². The second-order valence-electron chi connectivity index (χ2n) is 4.38. The molecule has 0 heterocycles. The summed E-state index contributed by atoms with van der Waals surface area (Å²) in [5.74, 6) is -0.259. The Kier molecular flexibility index (Phi) is 5.92. The highest BCUT2D eigenvalue weighted by atomic mass is 127. The van der Waals surface area contributed by atoms with E-state index in [1.807, 2.05) is 54.6 Å². The van der Waals surface area contributed by atoms with Gasteiger partial charge in [-0.1, -0.05) is 30.3 Å². The van der Waals surface area contributed by atoms with Crippen LogP contribution in [0.3, 0.4) is 0 Å². The van der Waals surface area contributed by atoms with Gasteiger partial charge in [-0.05, 0) is 59.3 Å². The third-order valence-electron chi connectivity index (χ3n) is 2.81. The minimum Gasteiger partial charge on any atom is -0.466 e. The number of rotatable bonds is 5. The maximum absolute atomic E-state index is 11.8. The van der Waals surface area contributed by atoms with Gasteiger partial charge in [-0.3, -0.25) is 9.79 Å². The molecule has 21 heavy (non-hydrogen) atoms. The summed E-state index contributed by atoms with van der Waals surface area (Å²) < 4.78 is 6.18. The van der Waals surface area contributed by atoms with E-state index in [-0.39, 0.29) is 12.4 Å². The molecule has 3 nitrogen and oxygen atoms in total. The number of para-hydroxylation sites is 1. The number of carbonyl (C=O) groups excluding carboxylic acids is 1. The number of hydrogen-bond acceptors (Lipinski definition) is 3. The summed E-state index contributed by atoms with van der Waals surface area (Å²) in [6.07, 6.45) is 0.170. The highest BCUT2D eigenvalue weighted by Gasteiger charge is 2.11. The summed E-state index contributed by atoms with van der Waals surface area (Å²) in [5.41, 5.74) is 2.48. The Morgan fingerprint density at radius 3 is 2.38 bits per heavy atom. The van der Waals surface area contributed by atoms with Crippen LogP contribution >= 0.6 is 22.6 Å². The number of aliphatic imine (C=N–C) groups is 1. The van der Waals surface area contributed by atoms with Crippen LogP contribution in [0.25, 0.3) is 0 Å². The standard InChI is InChI=1S/C17H16INO2/c1-2-21-17(20)12-16(13-8-10-14(18)11-9-13)19-15-6-4-3-5-7-15/h3-11H,2,12H2,1H3. The van der Waals surface area contributed by atoms with E-state index >= 15 is 0 Å². The summed E-state index contributed by atoms with van der Waals surface area (Å²) in [5, 5.41) is 0. The first-order valence-electron chi connectivity index (χ1n) is 6.73. The molecule has 0 aliphatic heterocycles. The number of ether oxygens (including phenoxy) is 1. The first-order valence-corrected chi connectivity index (χ1v) is 7.81. The summed E-state index contributed by atoms with van der Waals surface area (Å²) in [4.78, 5) is 16.4. The Morgan fingerprint density at radius 2 is 1.76 bits per heavy atom. The van der Waals surface area contributed by atoms with E-state index < -0.39 is 0 Å². The van der Waals surface area contributed by atoms with Crippen LogP contribution in [0.15, 0.2) is 59.6 Å². The Balaban J connectivity index is 2.32. The van der Waals surface area contributed by atoms with Gasteiger partial charge in [0.05, 0.1) is 24.4 Å². The van der Waals surface area contributed by atoms with Crippen LogP contribution < -0.4 is 0 Å². The lowest BCUT2D eigenvalue weighted by molar-refractivity contribution is -0.141. The van der Waals surface area contributed by atoms with Crippen molar-refractivity contribution in [1.82, 2.24) is 0 Å². The zero-order valence-corrected chi connectivity index (χ0v) is 13.9. The van der Waals surface area contributed by atoms with Crippen molar-refractivity contribution in [2.75, 3.05) is 6.61 Å². The Hall–Kier alpha value is -1.69. The van der Waals surface area contributed by atoms with Crippen molar-refractivity contribution in [3.63, 3.8) is 0 Å². The number of benzene rings is 2. The van der Waals surface area contributed by atoms with Gasteiger partial charge in [0.25, 0.3) is 0 Å². The van der Waals surface area contributed by atoms with E-state index in [9.17, 15) is 4.79 Å². The predicted molar refractivity (Wildman–Crippen MR) is 93.0 cm³/mol. The summed E-state index contributed by atoms with van der Waals surface area (Å²) >= 11 is 2.25. The Labute approximate surface area is 138 Å². The number of esters is 1. The molecule has 0 amide bonds. The number of halogens is 1. The van der Waals surface area contributed by atoms with Crippen molar-refractivity contribution in [3.8, 4) is 0 Å². The largest absolute Gasteiger partial charge is 0.466 e. The number of nitrogens with zero attached hydrogens (tertiary/aromatic N) is 1. The molecule has 0 aromatic heterocycles. The number of hydrogen-bond donors (Lipinski definition) is 0. The van der Waals surface area contributed by atoms with Crippen LogP contribution in [0.5, 0.6) is 0 Å². The van der Waals surface area contributed by atoms with Gasteiger partial charge >= 0.3 is 5.97 Å². The minimum atomic E-state index is -0.259. The first kappa shape index (κ1) is 15.7. The van der Waals surface area contributed by atoms with Gasteiger partial charge in [0, 0.05) is 3.57 Å². The van der Waals surface area contributed by atoms with Crippen molar-refractivity contribution in [2.24, 2.45) is 4.99 Å².